The van der Waals surface area contributed by atoms with Crippen molar-refractivity contribution < 1.29 is 33.7 Å². The maximum atomic E-state index is 11.2. The lowest BCUT2D eigenvalue weighted by atomic mass is 10.2. The van der Waals surface area contributed by atoms with Crippen LogP contribution in [-0.2, 0) is 28.6 Å². The molecular weight excluding hydrogens is 232 g/mol. The lowest BCUT2D eigenvalue weighted by molar-refractivity contribution is -0.164. The Kier molecular flexibility index (Phi) is 8.67. The monoisotopic (exact) mass is 248 g/mol. The van der Waals surface area contributed by atoms with Crippen molar-refractivity contribution in [2.45, 2.75) is 38.6 Å². The van der Waals surface area contributed by atoms with Crippen LogP contribution in [0.3, 0.4) is 0 Å². The molecule has 0 aliphatic heterocycles. The van der Waals surface area contributed by atoms with Crippen LogP contribution in [0.1, 0.15) is 26.2 Å². The van der Waals surface area contributed by atoms with E-state index in [0.29, 0.717) is 6.42 Å². The minimum Gasteiger partial charge on any atom is -0.467 e. The number of hydrogen-bond donors (Lipinski definition) is 1. The number of aliphatic hydroxyl groups excluding tert-OH is 1. The zero-order valence-corrected chi connectivity index (χ0v) is 9.53. The van der Waals surface area contributed by atoms with Crippen molar-refractivity contribution in [3.63, 3.8) is 0 Å². The van der Waals surface area contributed by atoms with Gasteiger partial charge in [0.1, 0.15) is 12.7 Å². The Balaban J connectivity index is 3.89. The molecule has 0 rings (SSSR count). The molecule has 0 amide bonds. The fourth-order valence-electron chi connectivity index (χ4n) is 1.08. The van der Waals surface area contributed by atoms with E-state index in [0.717, 1.165) is 0 Å². The standard InChI is InChI=1S/C10H16O7/c1-2-8(5-10(14)16-7-12)17-9(13)3-4-15-6-11/h6-8,10,14H,2-5H2,1H3. The van der Waals surface area contributed by atoms with Crippen LogP contribution in [0.25, 0.3) is 0 Å². The zero-order chi connectivity index (χ0) is 13.1. The van der Waals surface area contributed by atoms with E-state index in [4.69, 9.17) is 9.84 Å². The number of hydrogen-bond acceptors (Lipinski definition) is 7. The number of carbonyl (C=O) groups is 3. The van der Waals surface area contributed by atoms with E-state index in [2.05, 4.69) is 9.47 Å². The molecule has 0 bridgehead atoms. The average molecular weight is 248 g/mol. The minimum absolute atomic E-state index is 0.00944. The molecule has 7 nitrogen and oxygen atoms in total. The molecule has 0 aromatic rings. The summed E-state index contributed by atoms with van der Waals surface area (Å²) in [5, 5.41) is 9.16. The molecule has 0 fully saturated rings. The summed E-state index contributed by atoms with van der Waals surface area (Å²) in [4.78, 5) is 31.0. The number of aliphatic hydroxyl groups is 1. The third kappa shape index (κ3) is 8.21. The average Bonchev–Trinajstić information content (AvgIpc) is 2.28. The summed E-state index contributed by atoms with van der Waals surface area (Å²) < 4.78 is 13.6. The predicted molar refractivity (Wildman–Crippen MR) is 54.6 cm³/mol. The van der Waals surface area contributed by atoms with E-state index in [9.17, 15) is 14.4 Å². The van der Waals surface area contributed by atoms with Crippen LogP contribution in [0, 0.1) is 0 Å². The van der Waals surface area contributed by atoms with Gasteiger partial charge in [-0.1, -0.05) is 6.92 Å². The second-order valence-electron chi connectivity index (χ2n) is 3.16. The lowest BCUT2D eigenvalue weighted by Gasteiger charge is -2.18. The normalized spacial score (nSPS) is 13.3. The third-order valence-electron chi connectivity index (χ3n) is 1.92. The molecule has 0 aliphatic rings. The van der Waals surface area contributed by atoms with Crippen LogP contribution in [-0.4, -0.2) is 43.0 Å². The van der Waals surface area contributed by atoms with Gasteiger partial charge in [0.2, 0.25) is 6.29 Å². The second-order valence-corrected chi connectivity index (χ2v) is 3.16. The van der Waals surface area contributed by atoms with E-state index >= 15 is 0 Å². The maximum Gasteiger partial charge on any atom is 0.309 e. The summed E-state index contributed by atoms with van der Waals surface area (Å²) in [6.45, 7) is 2.07. The van der Waals surface area contributed by atoms with E-state index < -0.39 is 18.4 Å². The Morgan fingerprint density at radius 3 is 2.59 bits per heavy atom. The number of ether oxygens (including phenoxy) is 3. The van der Waals surface area contributed by atoms with Crippen molar-refractivity contribution in [2.75, 3.05) is 6.61 Å². The molecular formula is C10H16O7. The number of carbonyl (C=O) groups excluding carboxylic acids is 3. The van der Waals surface area contributed by atoms with Crippen molar-refractivity contribution in [1.82, 2.24) is 0 Å². The largest absolute Gasteiger partial charge is 0.467 e. The molecule has 7 heteroatoms. The van der Waals surface area contributed by atoms with Crippen LogP contribution in [0.5, 0.6) is 0 Å². The molecule has 0 aromatic carbocycles. The van der Waals surface area contributed by atoms with Gasteiger partial charge < -0.3 is 19.3 Å². The van der Waals surface area contributed by atoms with Crippen molar-refractivity contribution >= 4 is 18.9 Å². The molecule has 0 radical (unpaired) electrons. The first-order valence-corrected chi connectivity index (χ1v) is 5.15. The van der Waals surface area contributed by atoms with Gasteiger partial charge >= 0.3 is 5.97 Å². The van der Waals surface area contributed by atoms with Crippen LogP contribution in [0.2, 0.25) is 0 Å². The zero-order valence-electron chi connectivity index (χ0n) is 9.53. The molecule has 0 aliphatic carbocycles. The van der Waals surface area contributed by atoms with Gasteiger partial charge in [0.05, 0.1) is 6.42 Å². The highest BCUT2D eigenvalue weighted by molar-refractivity contribution is 5.69. The van der Waals surface area contributed by atoms with Crippen LogP contribution in [0.15, 0.2) is 0 Å². The Bertz CT molecular complexity index is 241. The quantitative estimate of drug-likeness (QED) is 0.187. The van der Waals surface area contributed by atoms with Crippen LogP contribution in [0.4, 0.5) is 0 Å². The molecule has 0 heterocycles. The molecule has 0 aromatic heterocycles. The molecule has 2 atom stereocenters. The summed E-state index contributed by atoms with van der Waals surface area (Å²) in [5.41, 5.74) is 0. The number of rotatable bonds is 10. The Morgan fingerprint density at radius 1 is 1.35 bits per heavy atom. The third-order valence-corrected chi connectivity index (χ3v) is 1.92. The molecule has 17 heavy (non-hydrogen) atoms. The lowest BCUT2D eigenvalue weighted by Crippen LogP contribution is -2.25. The SMILES string of the molecule is CCC(CC(O)OC=O)OC(=O)CCOC=O. The van der Waals surface area contributed by atoms with Gasteiger partial charge in [-0.25, -0.2) is 0 Å². The first-order chi connectivity index (χ1) is 8.13. The summed E-state index contributed by atoms with van der Waals surface area (Å²) in [5.74, 6) is -0.544. The Hall–Kier alpha value is -1.63. The summed E-state index contributed by atoms with van der Waals surface area (Å²) >= 11 is 0. The fourth-order valence-corrected chi connectivity index (χ4v) is 1.08. The molecule has 0 saturated heterocycles. The maximum absolute atomic E-state index is 11.2. The molecule has 0 saturated carbocycles. The molecule has 98 valence electrons. The van der Waals surface area contributed by atoms with E-state index in [1.165, 1.54) is 0 Å². The van der Waals surface area contributed by atoms with Crippen LogP contribution >= 0.6 is 0 Å². The molecule has 2 unspecified atom stereocenters. The summed E-state index contributed by atoms with van der Waals surface area (Å²) in [6, 6.07) is 0. The number of esters is 1. The van der Waals surface area contributed by atoms with E-state index in [-0.39, 0.29) is 32.4 Å². The smallest absolute Gasteiger partial charge is 0.309 e. The van der Waals surface area contributed by atoms with Crippen molar-refractivity contribution in [3.8, 4) is 0 Å². The second kappa shape index (κ2) is 9.59. The minimum atomic E-state index is -1.29. The first-order valence-electron chi connectivity index (χ1n) is 5.15. The Labute approximate surface area is 98.6 Å². The van der Waals surface area contributed by atoms with Crippen molar-refractivity contribution in [1.29, 1.82) is 0 Å². The topological polar surface area (TPSA) is 99.1 Å². The predicted octanol–water partition coefficient (Wildman–Crippen LogP) is -0.247. The highest BCUT2D eigenvalue weighted by Gasteiger charge is 2.17. The van der Waals surface area contributed by atoms with Gasteiger partial charge in [0.25, 0.3) is 12.9 Å². The van der Waals surface area contributed by atoms with Gasteiger partial charge in [-0.3, -0.25) is 14.4 Å². The molecule has 1 N–H and O–H groups in total. The highest BCUT2D eigenvalue weighted by Crippen LogP contribution is 2.09. The van der Waals surface area contributed by atoms with Gasteiger partial charge in [-0.05, 0) is 6.42 Å². The summed E-state index contributed by atoms with van der Waals surface area (Å²) in [6.07, 6.45) is -1.42. The van der Waals surface area contributed by atoms with Gasteiger partial charge in [0, 0.05) is 6.42 Å². The first kappa shape index (κ1) is 15.4. The van der Waals surface area contributed by atoms with Crippen molar-refractivity contribution in [3.05, 3.63) is 0 Å². The van der Waals surface area contributed by atoms with E-state index in [1.807, 2.05) is 0 Å². The fraction of sp³-hybridized carbons (Fsp3) is 0.700. The van der Waals surface area contributed by atoms with Crippen molar-refractivity contribution in [2.24, 2.45) is 0 Å². The van der Waals surface area contributed by atoms with E-state index in [1.54, 1.807) is 6.92 Å². The Morgan fingerprint density at radius 2 is 2.06 bits per heavy atom. The highest BCUT2D eigenvalue weighted by atomic mass is 16.6. The van der Waals surface area contributed by atoms with Gasteiger partial charge in [0.15, 0.2) is 0 Å². The summed E-state index contributed by atoms with van der Waals surface area (Å²) in [7, 11) is 0. The van der Waals surface area contributed by atoms with Gasteiger partial charge in [-0.15, -0.1) is 0 Å². The van der Waals surface area contributed by atoms with Crippen LogP contribution < -0.4 is 0 Å². The molecule has 0 spiro atoms. The van der Waals surface area contributed by atoms with Gasteiger partial charge in [-0.2, -0.15) is 0 Å².